The van der Waals surface area contributed by atoms with Crippen LogP contribution in [0.3, 0.4) is 0 Å². The van der Waals surface area contributed by atoms with E-state index in [2.05, 4.69) is 16.4 Å². The molecule has 0 radical (unpaired) electrons. The fourth-order valence-electron chi connectivity index (χ4n) is 1.92. The van der Waals surface area contributed by atoms with Crippen molar-refractivity contribution in [3.8, 4) is 5.75 Å². The number of nitrogens with zero attached hydrogens (tertiary/aromatic N) is 1. The zero-order valence-corrected chi connectivity index (χ0v) is 13.4. The number of carbonyl (C=O) groups is 1. The van der Waals surface area contributed by atoms with Crippen LogP contribution in [0.25, 0.3) is 0 Å². The van der Waals surface area contributed by atoms with Crippen molar-refractivity contribution in [1.29, 1.82) is 0 Å². The maximum Gasteiger partial charge on any atom is 0.227 e. The van der Waals surface area contributed by atoms with Crippen LogP contribution in [0.4, 0.5) is 11.5 Å². The number of carbonyl (C=O) groups excluding carboxylic acids is 1. The molecule has 1 aromatic carbocycles. The Balaban J connectivity index is 0.00000242. The van der Waals surface area contributed by atoms with Crippen LogP contribution >= 0.6 is 12.4 Å². The molecule has 1 aromatic heterocycles. The first-order valence-electron chi connectivity index (χ1n) is 6.76. The van der Waals surface area contributed by atoms with Crippen LogP contribution in [-0.2, 0) is 4.79 Å². The number of amides is 1. The summed E-state index contributed by atoms with van der Waals surface area (Å²) in [5.41, 5.74) is 8.36. The Morgan fingerprint density at radius 1 is 1.27 bits per heavy atom. The molecular formula is C16H20ClN3O2. The fourth-order valence-corrected chi connectivity index (χ4v) is 1.92. The number of aromatic nitrogens is 1. The molecule has 0 unspecified atom stereocenters. The van der Waals surface area contributed by atoms with Gasteiger partial charge in [0, 0.05) is 0 Å². The van der Waals surface area contributed by atoms with E-state index in [-0.39, 0.29) is 24.7 Å². The van der Waals surface area contributed by atoms with Gasteiger partial charge in [-0.15, -0.1) is 12.4 Å². The molecule has 0 saturated carbocycles. The number of nitrogens with one attached hydrogen (secondary N) is 1. The average molecular weight is 322 g/mol. The van der Waals surface area contributed by atoms with E-state index in [9.17, 15) is 4.79 Å². The third-order valence-corrected chi connectivity index (χ3v) is 2.99. The Kier molecular flexibility index (Phi) is 6.66. The fraction of sp³-hybridized carbons (Fsp3) is 0.250. The maximum absolute atomic E-state index is 11.8. The van der Waals surface area contributed by atoms with E-state index in [1.807, 2.05) is 26.0 Å². The number of hydrogen-bond donors (Lipinski definition) is 2. The molecule has 1 amide bonds. The lowest BCUT2D eigenvalue weighted by atomic mass is 10.1. The second-order valence-corrected chi connectivity index (χ2v) is 4.89. The minimum absolute atomic E-state index is 0. The van der Waals surface area contributed by atoms with Crippen molar-refractivity contribution in [1.82, 2.24) is 4.98 Å². The van der Waals surface area contributed by atoms with Crippen molar-refractivity contribution in [3.05, 3.63) is 47.7 Å². The van der Waals surface area contributed by atoms with Crippen LogP contribution in [0.15, 0.2) is 36.5 Å². The van der Waals surface area contributed by atoms with Crippen LogP contribution in [0.1, 0.15) is 17.5 Å². The van der Waals surface area contributed by atoms with Gasteiger partial charge in [0.15, 0.2) is 0 Å². The Labute approximate surface area is 136 Å². The number of hydrogen-bond acceptors (Lipinski definition) is 4. The van der Waals surface area contributed by atoms with Crippen LogP contribution in [0, 0.1) is 13.8 Å². The second kappa shape index (κ2) is 8.24. The summed E-state index contributed by atoms with van der Waals surface area (Å²) >= 11 is 0. The zero-order valence-electron chi connectivity index (χ0n) is 12.6. The first-order valence-corrected chi connectivity index (χ1v) is 6.76. The predicted octanol–water partition coefficient (Wildman–Crippen LogP) is 3.11. The number of halogens is 1. The summed E-state index contributed by atoms with van der Waals surface area (Å²) in [5.74, 6) is 1.11. The number of aryl methyl sites for hydroxylation is 2. The second-order valence-electron chi connectivity index (χ2n) is 4.89. The topological polar surface area (TPSA) is 77.2 Å². The Bertz CT molecular complexity index is 630. The highest BCUT2D eigenvalue weighted by Gasteiger charge is 2.05. The number of pyridine rings is 1. The molecule has 0 aliphatic heterocycles. The summed E-state index contributed by atoms with van der Waals surface area (Å²) in [6.07, 6.45) is 1.80. The Morgan fingerprint density at radius 3 is 2.68 bits per heavy atom. The monoisotopic (exact) mass is 321 g/mol. The minimum atomic E-state index is -0.119. The average Bonchev–Trinajstić information content (AvgIpc) is 2.44. The number of anilines is 2. The van der Waals surface area contributed by atoms with E-state index in [1.54, 1.807) is 12.1 Å². The van der Waals surface area contributed by atoms with Gasteiger partial charge in [-0.2, -0.15) is 0 Å². The predicted molar refractivity (Wildman–Crippen MR) is 90.6 cm³/mol. The third kappa shape index (κ3) is 5.26. The number of benzene rings is 1. The van der Waals surface area contributed by atoms with Crippen LogP contribution in [0.2, 0.25) is 0 Å². The van der Waals surface area contributed by atoms with Crippen LogP contribution < -0.4 is 15.8 Å². The smallest absolute Gasteiger partial charge is 0.227 e. The Hall–Kier alpha value is -2.27. The molecule has 0 atom stereocenters. The van der Waals surface area contributed by atoms with Gasteiger partial charge in [-0.25, -0.2) is 4.98 Å². The van der Waals surface area contributed by atoms with Crippen molar-refractivity contribution in [2.24, 2.45) is 0 Å². The molecular weight excluding hydrogens is 302 g/mol. The van der Waals surface area contributed by atoms with Crippen LogP contribution in [0.5, 0.6) is 5.75 Å². The number of nitrogen functional groups attached to an aromatic ring is 1. The van der Waals surface area contributed by atoms with E-state index in [4.69, 9.17) is 10.5 Å². The minimum Gasteiger partial charge on any atom is -0.493 e. The number of nitrogens with two attached hydrogens (primary N) is 1. The van der Waals surface area contributed by atoms with Gasteiger partial charge in [0.2, 0.25) is 5.91 Å². The van der Waals surface area contributed by atoms with Gasteiger partial charge in [-0.05, 0) is 37.6 Å². The van der Waals surface area contributed by atoms with Gasteiger partial charge in [-0.1, -0.05) is 17.7 Å². The standard InChI is InChI=1S/C16H19N3O2.ClH/c1-11-3-5-14(12(2)9-11)21-8-7-16(20)19-13-4-6-15(17)18-10-13;/h3-6,9-10H,7-8H2,1-2H3,(H2,17,18)(H,19,20);1H. The highest BCUT2D eigenvalue weighted by atomic mass is 35.5. The first kappa shape index (κ1) is 17.8. The molecule has 2 rings (SSSR count). The number of rotatable bonds is 5. The largest absolute Gasteiger partial charge is 0.493 e. The van der Waals surface area contributed by atoms with Crippen molar-refractivity contribution in [3.63, 3.8) is 0 Å². The van der Waals surface area contributed by atoms with Gasteiger partial charge < -0.3 is 15.8 Å². The van der Waals surface area contributed by atoms with Crippen molar-refractivity contribution in [2.45, 2.75) is 20.3 Å². The summed E-state index contributed by atoms with van der Waals surface area (Å²) in [6, 6.07) is 9.32. The first-order chi connectivity index (χ1) is 10.0. The van der Waals surface area contributed by atoms with Gasteiger partial charge in [0.05, 0.1) is 24.9 Å². The number of ether oxygens (including phenoxy) is 1. The molecule has 0 saturated heterocycles. The SMILES string of the molecule is Cc1ccc(OCCC(=O)Nc2ccc(N)nc2)c(C)c1.Cl. The van der Waals surface area contributed by atoms with Gasteiger partial charge >= 0.3 is 0 Å². The van der Waals surface area contributed by atoms with Crippen molar-refractivity contribution >= 4 is 29.8 Å². The normalized spacial score (nSPS) is 9.73. The molecule has 0 fully saturated rings. The lowest BCUT2D eigenvalue weighted by Crippen LogP contribution is -2.15. The van der Waals surface area contributed by atoms with Gasteiger partial charge in [-0.3, -0.25) is 4.79 Å². The molecule has 5 nitrogen and oxygen atoms in total. The maximum atomic E-state index is 11.8. The summed E-state index contributed by atoms with van der Waals surface area (Å²) in [4.78, 5) is 15.7. The highest BCUT2D eigenvalue weighted by Crippen LogP contribution is 2.18. The third-order valence-electron chi connectivity index (χ3n) is 2.99. The lowest BCUT2D eigenvalue weighted by Gasteiger charge is -2.10. The van der Waals surface area contributed by atoms with Gasteiger partial charge in [0.1, 0.15) is 11.6 Å². The summed E-state index contributed by atoms with van der Waals surface area (Å²) in [5, 5.41) is 2.74. The lowest BCUT2D eigenvalue weighted by molar-refractivity contribution is -0.116. The molecule has 3 N–H and O–H groups in total. The molecule has 6 heteroatoms. The molecule has 0 aliphatic carbocycles. The van der Waals surface area contributed by atoms with E-state index >= 15 is 0 Å². The van der Waals surface area contributed by atoms with Crippen LogP contribution in [-0.4, -0.2) is 17.5 Å². The molecule has 0 bridgehead atoms. The van der Waals surface area contributed by atoms with E-state index in [0.29, 0.717) is 18.1 Å². The van der Waals surface area contributed by atoms with Crippen molar-refractivity contribution < 1.29 is 9.53 Å². The quantitative estimate of drug-likeness (QED) is 0.887. The molecule has 2 aromatic rings. The summed E-state index contributed by atoms with van der Waals surface area (Å²) in [6.45, 7) is 4.35. The Morgan fingerprint density at radius 2 is 2.05 bits per heavy atom. The molecule has 118 valence electrons. The molecule has 22 heavy (non-hydrogen) atoms. The summed E-state index contributed by atoms with van der Waals surface area (Å²) in [7, 11) is 0. The van der Waals surface area contributed by atoms with E-state index in [1.165, 1.54) is 11.8 Å². The molecule has 0 aliphatic rings. The molecule has 0 spiro atoms. The van der Waals surface area contributed by atoms with E-state index in [0.717, 1.165) is 11.3 Å². The molecule has 1 heterocycles. The summed E-state index contributed by atoms with van der Waals surface area (Å²) < 4.78 is 5.62. The highest BCUT2D eigenvalue weighted by molar-refractivity contribution is 5.90. The van der Waals surface area contributed by atoms with Crippen molar-refractivity contribution in [2.75, 3.05) is 17.7 Å². The van der Waals surface area contributed by atoms with E-state index < -0.39 is 0 Å². The van der Waals surface area contributed by atoms with Gasteiger partial charge in [0.25, 0.3) is 0 Å². The zero-order chi connectivity index (χ0) is 15.2.